The van der Waals surface area contributed by atoms with Gasteiger partial charge in [0.1, 0.15) is 0 Å². The number of benzene rings is 2. The fraction of sp³-hybridized carbons (Fsp3) is 0.243. The van der Waals surface area contributed by atoms with Gasteiger partial charge in [0.2, 0.25) is 0 Å². The first-order chi connectivity index (χ1) is 18.8. The molecule has 0 amide bonds. The summed E-state index contributed by atoms with van der Waals surface area (Å²) in [7, 11) is 0. The van der Waals surface area contributed by atoms with Crippen molar-refractivity contribution < 1.29 is 0 Å². The van der Waals surface area contributed by atoms with E-state index in [1.807, 2.05) is 0 Å². The second kappa shape index (κ2) is 9.80. The summed E-state index contributed by atoms with van der Waals surface area (Å²) in [6.45, 7) is 3.19. The van der Waals surface area contributed by atoms with Gasteiger partial charge in [0, 0.05) is 24.6 Å². The Balaban J connectivity index is 1.42. The zero-order chi connectivity index (χ0) is 25.5. The fourth-order valence-electron chi connectivity index (χ4n) is 6.97. The van der Waals surface area contributed by atoms with Gasteiger partial charge < -0.3 is 5.32 Å². The molecule has 4 aliphatic carbocycles. The van der Waals surface area contributed by atoms with Gasteiger partial charge in [-0.3, -0.25) is 0 Å². The Morgan fingerprint density at radius 1 is 0.816 bits per heavy atom. The molecule has 0 fully saturated rings. The first-order valence-electron chi connectivity index (χ1n) is 14.3. The number of rotatable bonds is 4. The molecule has 2 aromatic carbocycles. The van der Waals surface area contributed by atoms with Crippen molar-refractivity contribution in [1.29, 1.82) is 0 Å². The third kappa shape index (κ3) is 4.02. The Morgan fingerprint density at radius 3 is 2.26 bits per heavy atom. The highest BCUT2D eigenvalue weighted by molar-refractivity contribution is 5.86. The van der Waals surface area contributed by atoms with E-state index in [1.54, 1.807) is 11.1 Å². The number of dihydropyridines is 1. The number of hydrogen-bond donors (Lipinski definition) is 1. The van der Waals surface area contributed by atoms with Gasteiger partial charge >= 0.3 is 0 Å². The average molecular weight is 494 g/mol. The van der Waals surface area contributed by atoms with E-state index in [0.29, 0.717) is 11.8 Å². The van der Waals surface area contributed by atoms with Crippen molar-refractivity contribution in [1.82, 2.24) is 5.32 Å². The van der Waals surface area contributed by atoms with Gasteiger partial charge in [-0.25, -0.2) is 0 Å². The molecule has 38 heavy (non-hydrogen) atoms. The van der Waals surface area contributed by atoms with E-state index in [2.05, 4.69) is 116 Å². The first-order valence-corrected chi connectivity index (χ1v) is 14.3. The summed E-state index contributed by atoms with van der Waals surface area (Å²) in [5.74, 6) is 0.775. The zero-order valence-electron chi connectivity index (χ0n) is 22.2. The minimum atomic E-state index is 0.381. The van der Waals surface area contributed by atoms with Crippen molar-refractivity contribution in [2.45, 2.75) is 39.0 Å². The zero-order valence-corrected chi connectivity index (χ0v) is 22.2. The standard InChI is InChI=1S/C37H35N/c1-2-25-13-15-27(16-14-25)36-32-9-3-5-11-34(32)37(35-12-6-4-10-33(35)36)29-20-18-26-17-19-28(22-31(26)23-29)30-8-7-21-38-24-30/h3-13,15,17,19,22-24,32,34,38H,2,14,16,18,20-21H2,1H3. The van der Waals surface area contributed by atoms with E-state index in [1.165, 1.54) is 55.8 Å². The van der Waals surface area contributed by atoms with Gasteiger partial charge in [0.05, 0.1) is 0 Å². The minimum Gasteiger partial charge on any atom is -0.387 e. The van der Waals surface area contributed by atoms with Crippen LogP contribution in [-0.4, -0.2) is 6.54 Å². The van der Waals surface area contributed by atoms with Crippen LogP contribution in [0.2, 0.25) is 0 Å². The summed E-state index contributed by atoms with van der Waals surface area (Å²) < 4.78 is 0. The molecule has 1 N–H and O–H groups in total. The van der Waals surface area contributed by atoms with E-state index in [-0.39, 0.29) is 0 Å². The molecule has 1 aliphatic heterocycles. The molecule has 2 unspecified atom stereocenters. The summed E-state index contributed by atoms with van der Waals surface area (Å²) in [5.41, 5.74) is 13.1. The van der Waals surface area contributed by atoms with Gasteiger partial charge in [-0.2, -0.15) is 0 Å². The second-order valence-electron chi connectivity index (χ2n) is 11.1. The summed E-state index contributed by atoms with van der Waals surface area (Å²) in [6, 6.07) is 16.2. The highest BCUT2D eigenvalue weighted by Crippen LogP contribution is 2.44. The minimum absolute atomic E-state index is 0.381. The molecule has 1 heterocycles. The lowest BCUT2D eigenvalue weighted by molar-refractivity contribution is 0.671. The number of hydrogen-bond acceptors (Lipinski definition) is 1. The molecule has 1 nitrogen and oxygen atoms in total. The van der Waals surface area contributed by atoms with Crippen LogP contribution in [0, 0.1) is 11.8 Å². The highest BCUT2D eigenvalue weighted by Gasteiger charge is 2.33. The molecular weight excluding hydrogens is 458 g/mol. The van der Waals surface area contributed by atoms with Gasteiger partial charge in [0.25, 0.3) is 0 Å². The van der Waals surface area contributed by atoms with Crippen LogP contribution in [0.3, 0.4) is 0 Å². The normalized spacial score (nSPS) is 23.4. The highest BCUT2D eigenvalue weighted by atomic mass is 14.8. The Hall–Kier alpha value is -3.84. The molecule has 2 aromatic rings. The number of allylic oxidation sites excluding steroid dienone is 11. The predicted octanol–water partition coefficient (Wildman–Crippen LogP) is 6.95. The fourth-order valence-corrected chi connectivity index (χ4v) is 6.97. The summed E-state index contributed by atoms with van der Waals surface area (Å²) in [4.78, 5) is 0. The number of aryl methyl sites for hydroxylation is 1. The van der Waals surface area contributed by atoms with E-state index < -0.39 is 0 Å². The van der Waals surface area contributed by atoms with Crippen molar-refractivity contribution in [3.05, 3.63) is 141 Å². The summed E-state index contributed by atoms with van der Waals surface area (Å²) in [5, 5.41) is 6.23. The lowest BCUT2D eigenvalue weighted by atomic mass is 9.67. The van der Waals surface area contributed by atoms with Crippen LogP contribution in [-0.2, 0) is 6.42 Å². The maximum absolute atomic E-state index is 3.36. The molecular formula is C37H35N. The lowest BCUT2D eigenvalue weighted by Crippen LogP contribution is -2.40. The molecule has 0 radical (unpaired) electrons. The predicted molar refractivity (Wildman–Crippen MR) is 161 cm³/mol. The van der Waals surface area contributed by atoms with Crippen molar-refractivity contribution in [3.8, 4) is 0 Å². The Kier molecular flexibility index (Phi) is 6.01. The van der Waals surface area contributed by atoms with Gasteiger partial charge in [-0.1, -0.05) is 104 Å². The topological polar surface area (TPSA) is 12.0 Å². The SMILES string of the molecule is CCC1=CC=C(C2=c3ccccc3=C(C3=Cc4cc(C5=CNCC=C5)ccc4CC3)C3C=CC=CC23)CC1. The van der Waals surface area contributed by atoms with Crippen LogP contribution in [0.15, 0.2) is 114 Å². The maximum Gasteiger partial charge on any atom is 0.0328 e. The third-order valence-electron chi connectivity index (χ3n) is 8.95. The monoisotopic (exact) mass is 493 g/mol. The second-order valence-corrected chi connectivity index (χ2v) is 11.1. The summed E-state index contributed by atoms with van der Waals surface area (Å²) in [6.07, 6.45) is 29.0. The first kappa shape index (κ1) is 23.3. The molecule has 1 heteroatoms. The Morgan fingerprint density at radius 2 is 1.58 bits per heavy atom. The average Bonchev–Trinajstić information content (AvgIpc) is 3.00. The smallest absolute Gasteiger partial charge is 0.0328 e. The van der Waals surface area contributed by atoms with E-state index in [0.717, 1.165) is 32.2 Å². The number of nitrogens with one attached hydrogen (secondary N) is 1. The van der Waals surface area contributed by atoms with Crippen LogP contribution < -0.4 is 15.8 Å². The molecule has 0 aromatic heterocycles. The maximum atomic E-state index is 3.36. The van der Waals surface area contributed by atoms with Crippen molar-refractivity contribution >= 4 is 22.8 Å². The van der Waals surface area contributed by atoms with Gasteiger partial charge in [-0.15, -0.1) is 0 Å². The Labute approximate surface area is 226 Å². The van der Waals surface area contributed by atoms with Crippen LogP contribution in [0.25, 0.3) is 22.8 Å². The largest absolute Gasteiger partial charge is 0.387 e. The molecule has 188 valence electrons. The molecule has 0 spiro atoms. The molecule has 0 bridgehead atoms. The van der Waals surface area contributed by atoms with Crippen LogP contribution >= 0.6 is 0 Å². The molecule has 7 rings (SSSR count). The third-order valence-corrected chi connectivity index (χ3v) is 8.95. The van der Waals surface area contributed by atoms with E-state index in [4.69, 9.17) is 0 Å². The van der Waals surface area contributed by atoms with Crippen molar-refractivity contribution in [3.63, 3.8) is 0 Å². The van der Waals surface area contributed by atoms with Gasteiger partial charge in [0.15, 0.2) is 0 Å². The Bertz CT molecular complexity index is 1650. The number of fused-ring (bicyclic) bond motifs is 3. The van der Waals surface area contributed by atoms with Crippen LogP contribution in [0.4, 0.5) is 0 Å². The van der Waals surface area contributed by atoms with E-state index in [9.17, 15) is 0 Å². The quantitative estimate of drug-likeness (QED) is 0.486. The summed E-state index contributed by atoms with van der Waals surface area (Å²) >= 11 is 0. The van der Waals surface area contributed by atoms with Gasteiger partial charge in [-0.05, 0) is 93.2 Å². The molecule has 0 saturated carbocycles. The molecule has 0 saturated heterocycles. The van der Waals surface area contributed by atoms with E-state index >= 15 is 0 Å². The molecule has 5 aliphatic rings. The molecule has 2 atom stereocenters. The lowest BCUT2D eigenvalue weighted by Gasteiger charge is -2.36. The van der Waals surface area contributed by atoms with Crippen molar-refractivity contribution in [2.75, 3.05) is 6.54 Å². The van der Waals surface area contributed by atoms with Crippen molar-refractivity contribution in [2.24, 2.45) is 11.8 Å². The van der Waals surface area contributed by atoms with Crippen LogP contribution in [0.1, 0.15) is 49.3 Å². The van der Waals surface area contributed by atoms with Crippen LogP contribution in [0.5, 0.6) is 0 Å².